The van der Waals surface area contributed by atoms with Crippen LogP contribution in [0.1, 0.15) is 5.69 Å². The second kappa shape index (κ2) is 3.36. The number of aromatic nitrogens is 2. The highest BCUT2D eigenvalue weighted by Crippen LogP contribution is 2.03. The van der Waals surface area contributed by atoms with Crippen molar-refractivity contribution in [3.8, 4) is 0 Å². The van der Waals surface area contributed by atoms with Gasteiger partial charge in [-0.25, -0.2) is 4.79 Å². The van der Waals surface area contributed by atoms with Crippen LogP contribution in [-0.2, 0) is 6.54 Å². The third-order valence-corrected chi connectivity index (χ3v) is 1.47. The topological polar surface area (TPSA) is 75.0 Å². The molecule has 0 saturated heterocycles. The maximum absolute atomic E-state index is 10.9. The SMILES string of the molecule is CN(C)c1cc(CN)[nH]c(=O)n1. The molecule has 0 aliphatic carbocycles. The third kappa shape index (κ3) is 1.82. The summed E-state index contributed by atoms with van der Waals surface area (Å²) in [6.07, 6.45) is 0. The molecule has 66 valence electrons. The number of nitrogens with one attached hydrogen (secondary N) is 1. The second-order valence-electron chi connectivity index (χ2n) is 2.67. The van der Waals surface area contributed by atoms with Gasteiger partial charge in [0.25, 0.3) is 0 Å². The van der Waals surface area contributed by atoms with Gasteiger partial charge in [0.05, 0.1) is 0 Å². The van der Waals surface area contributed by atoms with Gasteiger partial charge in [-0.1, -0.05) is 0 Å². The summed E-state index contributed by atoms with van der Waals surface area (Å²) < 4.78 is 0. The molecule has 0 aliphatic heterocycles. The standard InChI is InChI=1S/C7H12N4O/c1-11(2)6-3-5(4-8)9-7(12)10-6/h3H,4,8H2,1-2H3,(H,9,10,12). The minimum atomic E-state index is -0.360. The number of nitrogens with zero attached hydrogens (tertiary/aromatic N) is 2. The molecule has 1 heterocycles. The van der Waals surface area contributed by atoms with Crippen LogP contribution in [0.5, 0.6) is 0 Å². The third-order valence-electron chi connectivity index (χ3n) is 1.47. The van der Waals surface area contributed by atoms with Crippen molar-refractivity contribution in [3.63, 3.8) is 0 Å². The summed E-state index contributed by atoms with van der Waals surface area (Å²) in [4.78, 5) is 19.0. The molecule has 0 atom stereocenters. The van der Waals surface area contributed by atoms with Crippen molar-refractivity contribution in [2.75, 3.05) is 19.0 Å². The van der Waals surface area contributed by atoms with Crippen molar-refractivity contribution in [1.82, 2.24) is 9.97 Å². The lowest BCUT2D eigenvalue weighted by Gasteiger charge is -2.10. The van der Waals surface area contributed by atoms with E-state index >= 15 is 0 Å². The fourth-order valence-corrected chi connectivity index (χ4v) is 0.833. The van der Waals surface area contributed by atoms with E-state index in [1.165, 1.54) is 0 Å². The average Bonchev–Trinajstić information content (AvgIpc) is 2.03. The molecule has 5 heteroatoms. The van der Waals surface area contributed by atoms with Gasteiger partial charge in [0.15, 0.2) is 0 Å². The van der Waals surface area contributed by atoms with Crippen molar-refractivity contribution >= 4 is 5.82 Å². The molecule has 0 aliphatic rings. The summed E-state index contributed by atoms with van der Waals surface area (Å²) in [5.74, 6) is 0.624. The molecule has 0 amide bonds. The van der Waals surface area contributed by atoms with Gasteiger partial charge in [-0.2, -0.15) is 4.98 Å². The molecule has 0 saturated carbocycles. The molecule has 1 aromatic heterocycles. The fourth-order valence-electron chi connectivity index (χ4n) is 0.833. The Hall–Kier alpha value is -1.36. The van der Waals surface area contributed by atoms with Crippen LogP contribution >= 0.6 is 0 Å². The average molecular weight is 168 g/mol. The van der Waals surface area contributed by atoms with Gasteiger partial charge < -0.3 is 15.6 Å². The Labute approximate surface area is 70.2 Å². The highest BCUT2D eigenvalue weighted by atomic mass is 16.1. The zero-order valence-corrected chi connectivity index (χ0v) is 7.16. The number of hydrogen-bond acceptors (Lipinski definition) is 4. The summed E-state index contributed by atoms with van der Waals surface area (Å²) in [5, 5.41) is 0. The molecule has 0 bridgehead atoms. The Morgan fingerprint density at radius 1 is 1.67 bits per heavy atom. The predicted octanol–water partition coefficient (Wildman–Crippen LogP) is -0.705. The molecule has 12 heavy (non-hydrogen) atoms. The lowest BCUT2D eigenvalue weighted by molar-refractivity contribution is 0.911. The van der Waals surface area contributed by atoms with Crippen LogP contribution < -0.4 is 16.3 Å². The maximum Gasteiger partial charge on any atom is 0.347 e. The first-order chi connectivity index (χ1) is 5.63. The van der Waals surface area contributed by atoms with E-state index in [-0.39, 0.29) is 5.69 Å². The van der Waals surface area contributed by atoms with Crippen molar-refractivity contribution in [2.24, 2.45) is 5.73 Å². The Kier molecular flexibility index (Phi) is 2.44. The summed E-state index contributed by atoms with van der Waals surface area (Å²) in [6, 6.07) is 1.75. The highest BCUT2D eigenvalue weighted by Gasteiger charge is 2.00. The van der Waals surface area contributed by atoms with Crippen LogP contribution in [0.15, 0.2) is 10.9 Å². The quantitative estimate of drug-likeness (QED) is 0.612. The van der Waals surface area contributed by atoms with E-state index in [0.717, 1.165) is 0 Å². The fraction of sp³-hybridized carbons (Fsp3) is 0.429. The smallest absolute Gasteiger partial charge is 0.347 e. The van der Waals surface area contributed by atoms with Crippen LogP contribution in [0.2, 0.25) is 0 Å². The molecule has 0 fully saturated rings. The molecule has 0 unspecified atom stereocenters. The lowest BCUT2D eigenvalue weighted by Crippen LogP contribution is -2.20. The number of aromatic amines is 1. The zero-order valence-electron chi connectivity index (χ0n) is 7.16. The summed E-state index contributed by atoms with van der Waals surface area (Å²) in [6.45, 7) is 0.318. The Balaban J connectivity index is 3.15. The van der Waals surface area contributed by atoms with Crippen LogP contribution in [-0.4, -0.2) is 24.1 Å². The number of H-pyrrole nitrogens is 1. The van der Waals surface area contributed by atoms with Crippen molar-refractivity contribution in [1.29, 1.82) is 0 Å². The molecule has 1 aromatic rings. The molecule has 0 aromatic carbocycles. The molecule has 1 rings (SSSR count). The van der Waals surface area contributed by atoms with Crippen LogP contribution in [0.3, 0.4) is 0 Å². The van der Waals surface area contributed by atoms with E-state index in [4.69, 9.17) is 5.73 Å². The first-order valence-electron chi connectivity index (χ1n) is 3.61. The summed E-state index contributed by atoms with van der Waals surface area (Å²) >= 11 is 0. The zero-order chi connectivity index (χ0) is 9.14. The van der Waals surface area contributed by atoms with Gasteiger partial charge >= 0.3 is 5.69 Å². The summed E-state index contributed by atoms with van der Waals surface area (Å²) in [5.41, 5.74) is 5.70. The van der Waals surface area contributed by atoms with Crippen LogP contribution in [0.4, 0.5) is 5.82 Å². The van der Waals surface area contributed by atoms with Crippen molar-refractivity contribution in [2.45, 2.75) is 6.54 Å². The van der Waals surface area contributed by atoms with E-state index in [1.807, 2.05) is 14.1 Å². The highest BCUT2D eigenvalue weighted by molar-refractivity contribution is 5.36. The van der Waals surface area contributed by atoms with Gasteiger partial charge in [-0.15, -0.1) is 0 Å². The van der Waals surface area contributed by atoms with Gasteiger partial charge in [0.1, 0.15) is 5.82 Å². The maximum atomic E-state index is 10.9. The van der Waals surface area contributed by atoms with Gasteiger partial charge in [0, 0.05) is 32.4 Å². The lowest BCUT2D eigenvalue weighted by atomic mass is 10.4. The van der Waals surface area contributed by atoms with E-state index < -0.39 is 0 Å². The number of nitrogens with two attached hydrogens (primary N) is 1. The van der Waals surface area contributed by atoms with Gasteiger partial charge in [-0.3, -0.25) is 0 Å². The Morgan fingerprint density at radius 2 is 2.33 bits per heavy atom. The van der Waals surface area contributed by atoms with Gasteiger partial charge in [0.2, 0.25) is 0 Å². The number of hydrogen-bond donors (Lipinski definition) is 2. The monoisotopic (exact) mass is 168 g/mol. The molecular weight excluding hydrogens is 156 g/mol. The second-order valence-corrected chi connectivity index (χ2v) is 2.67. The molecule has 0 spiro atoms. The predicted molar refractivity (Wildman–Crippen MR) is 47.1 cm³/mol. The van der Waals surface area contributed by atoms with Crippen molar-refractivity contribution in [3.05, 3.63) is 22.2 Å². The molecule has 3 N–H and O–H groups in total. The first-order valence-corrected chi connectivity index (χ1v) is 3.61. The van der Waals surface area contributed by atoms with E-state index in [0.29, 0.717) is 18.1 Å². The van der Waals surface area contributed by atoms with Crippen LogP contribution in [0.25, 0.3) is 0 Å². The van der Waals surface area contributed by atoms with E-state index in [1.54, 1.807) is 11.0 Å². The largest absolute Gasteiger partial charge is 0.363 e. The minimum Gasteiger partial charge on any atom is -0.363 e. The van der Waals surface area contributed by atoms with Crippen molar-refractivity contribution < 1.29 is 0 Å². The number of anilines is 1. The molecular formula is C7H12N4O. The molecule has 0 radical (unpaired) electrons. The summed E-state index contributed by atoms with van der Waals surface area (Å²) in [7, 11) is 3.64. The minimum absolute atomic E-state index is 0.318. The number of rotatable bonds is 2. The Bertz CT molecular complexity index is 317. The van der Waals surface area contributed by atoms with E-state index in [9.17, 15) is 4.79 Å². The first kappa shape index (κ1) is 8.73. The van der Waals surface area contributed by atoms with Crippen LogP contribution in [0, 0.1) is 0 Å². The van der Waals surface area contributed by atoms with Gasteiger partial charge in [-0.05, 0) is 0 Å². The van der Waals surface area contributed by atoms with E-state index in [2.05, 4.69) is 9.97 Å². The Morgan fingerprint density at radius 3 is 2.83 bits per heavy atom. The normalized spacial score (nSPS) is 9.92. The molecule has 5 nitrogen and oxygen atoms in total.